The third-order valence-corrected chi connectivity index (χ3v) is 3.96. The molecule has 19 heavy (non-hydrogen) atoms. The molecule has 2 aromatic rings. The number of aryl methyl sites for hydroxylation is 1. The first-order chi connectivity index (χ1) is 9.19. The van der Waals surface area contributed by atoms with Crippen LogP contribution in [0.4, 0.5) is 4.39 Å². The Morgan fingerprint density at radius 3 is 2.68 bits per heavy atom. The predicted octanol–water partition coefficient (Wildman–Crippen LogP) is 2.93. The number of methoxy groups -OCH3 is 1. The van der Waals surface area contributed by atoms with E-state index in [1.54, 1.807) is 18.4 Å². The second-order valence-corrected chi connectivity index (χ2v) is 5.29. The highest BCUT2D eigenvalue weighted by atomic mass is 32.1. The SMILES string of the molecule is COc1nc(C)c(CNCCc2ccc(F)cc2)s1. The third-order valence-electron chi connectivity index (χ3n) is 2.84. The van der Waals surface area contributed by atoms with Crippen molar-refractivity contribution in [2.24, 2.45) is 0 Å². The number of nitrogens with one attached hydrogen (secondary N) is 1. The Morgan fingerprint density at radius 2 is 2.05 bits per heavy atom. The van der Waals surface area contributed by atoms with E-state index in [9.17, 15) is 4.39 Å². The van der Waals surface area contributed by atoms with Crippen LogP contribution in [-0.2, 0) is 13.0 Å². The van der Waals surface area contributed by atoms with E-state index < -0.39 is 0 Å². The van der Waals surface area contributed by atoms with Crippen LogP contribution in [0.3, 0.4) is 0 Å². The molecule has 0 aliphatic heterocycles. The normalized spacial score (nSPS) is 10.7. The average molecular weight is 280 g/mol. The maximum Gasteiger partial charge on any atom is 0.273 e. The van der Waals surface area contributed by atoms with Crippen molar-refractivity contribution in [1.29, 1.82) is 0 Å². The summed E-state index contributed by atoms with van der Waals surface area (Å²) < 4.78 is 17.9. The van der Waals surface area contributed by atoms with Crippen LogP contribution >= 0.6 is 11.3 Å². The number of aromatic nitrogens is 1. The Balaban J connectivity index is 1.77. The van der Waals surface area contributed by atoms with Gasteiger partial charge in [-0.3, -0.25) is 0 Å². The standard InChI is InChI=1S/C14H17FN2OS/c1-10-13(19-14(17-10)18-2)9-16-8-7-11-3-5-12(15)6-4-11/h3-6,16H,7-9H2,1-2H3. The molecule has 1 aromatic carbocycles. The van der Waals surface area contributed by atoms with Gasteiger partial charge < -0.3 is 10.1 Å². The molecule has 1 heterocycles. The van der Waals surface area contributed by atoms with Gasteiger partial charge in [0.1, 0.15) is 5.82 Å². The van der Waals surface area contributed by atoms with Gasteiger partial charge in [-0.1, -0.05) is 23.5 Å². The number of nitrogens with zero attached hydrogens (tertiary/aromatic N) is 1. The molecule has 0 spiro atoms. The lowest BCUT2D eigenvalue weighted by Crippen LogP contribution is -2.16. The molecule has 3 nitrogen and oxygen atoms in total. The zero-order chi connectivity index (χ0) is 13.7. The molecule has 1 N–H and O–H groups in total. The van der Waals surface area contributed by atoms with E-state index in [4.69, 9.17) is 4.74 Å². The van der Waals surface area contributed by atoms with Crippen molar-refractivity contribution < 1.29 is 9.13 Å². The Hall–Kier alpha value is -1.46. The molecule has 0 amide bonds. The molecule has 0 unspecified atom stereocenters. The Bertz CT molecular complexity index is 525. The van der Waals surface area contributed by atoms with Crippen LogP contribution in [0.5, 0.6) is 5.19 Å². The largest absolute Gasteiger partial charge is 0.473 e. The maximum absolute atomic E-state index is 12.7. The van der Waals surface area contributed by atoms with Gasteiger partial charge in [-0.2, -0.15) is 0 Å². The molecule has 0 saturated carbocycles. The highest BCUT2D eigenvalue weighted by molar-refractivity contribution is 7.13. The molecule has 0 radical (unpaired) electrons. The zero-order valence-corrected chi connectivity index (χ0v) is 11.9. The van der Waals surface area contributed by atoms with Crippen molar-refractivity contribution in [2.75, 3.05) is 13.7 Å². The molecule has 0 fully saturated rings. The summed E-state index contributed by atoms with van der Waals surface area (Å²) >= 11 is 1.56. The van der Waals surface area contributed by atoms with Crippen molar-refractivity contribution in [1.82, 2.24) is 10.3 Å². The minimum absolute atomic E-state index is 0.191. The smallest absolute Gasteiger partial charge is 0.273 e. The van der Waals surface area contributed by atoms with E-state index in [-0.39, 0.29) is 5.82 Å². The molecular weight excluding hydrogens is 263 g/mol. The summed E-state index contributed by atoms with van der Waals surface area (Å²) in [6.45, 7) is 3.62. The number of halogens is 1. The molecule has 0 atom stereocenters. The molecular formula is C14H17FN2OS. The molecule has 2 rings (SSSR count). The topological polar surface area (TPSA) is 34.1 Å². The lowest BCUT2D eigenvalue weighted by molar-refractivity contribution is 0.411. The first-order valence-electron chi connectivity index (χ1n) is 6.14. The predicted molar refractivity (Wildman–Crippen MR) is 75.2 cm³/mol. The summed E-state index contributed by atoms with van der Waals surface area (Å²) in [5.74, 6) is -0.191. The average Bonchev–Trinajstić information content (AvgIpc) is 2.77. The molecule has 5 heteroatoms. The number of hydrogen-bond donors (Lipinski definition) is 1. The summed E-state index contributed by atoms with van der Waals surface area (Å²) in [6, 6.07) is 6.62. The molecule has 0 aliphatic rings. The molecule has 0 saturated heterocycles. The molecule has 1 aromatic heterocycles. The maximum atomic E-state index is 12.7. The van der Waals surface area contributed by atoms with E-state index in [1.165, 1.54) is 17.0 Å². The first kappa shape index (κ1) is 14.0. The highest BCUT2D eigenvalue weighted by Gasteiger charge is 2.06. The van der Waals surface area contributed by atoms with Gasteiger partial charge in [0.05, 0.1) is 12.8 Å². The Morgan fingerprint density at radius 1 is 1.32 bits per heavy atom. The minimum atomic E-state index is -0.191. The molecule has 0 aliphatic carbocycles. The van der Waals surface area contributed by atoms with E-state index in [0.717, 1.165) is 30.8 Å². The van der Waals surface area contributed by atoms with Crippen LogP contribution in [0, 0.1) is 12.7 Å². The summed E-state index contributed by atoms with van der Waals surface area (Å²) in [4.78, 5) is 5.48. The Labute approximate surface area is 116 Å². The summed E-state index contributed by atoms with van der Waals surface area (Å²) in [7, 11) is 1.63. The fraction of sp³-hybridized carbons (Fsp3) is 0.357. The summed E-state index contributed by atoms with van der Waals surface area (Å²) in [6.07, 6.45) is 0.884. The molecule has 102 valence electrons. The van der Waals surface area contributed by atoms with Gasteiger partial charge >= 0.3 is 0 Å². The fourth-order valence-corrected chi connectivity index (χ4v) is 2.58. The van der Waals surface area contributed by atoms with Crippen molar-refractivity contribution in [2.45, 2.75) is 19.9 Å². The van der Waals surface area contributed by atoms with Gasteiger partial charge in [0.15, 0.2) is 0 Å². The van der Waals surface area contributed by atoms with E-state index >= 15 is 0 Å². The quantitative estimate of drug-likeness (QED) is 0.826. The Kier molecular flexibility index (Phi) is 4.87. The number of hydrogen-bond acceptors (Lipinski definition) is 4. The van der Waals surface area contributed by atoms with Crippen molar-refractivity contribution >= 4 is 11.3 Å². The van der Waals surface area contributed by atoms with Gasteiger partial charge in [0, 0.05) is 11.4 Å². The van der Waals surface area contributed by atoms with Gasteiger partial charge in [0.25, 0.3) is 5.19 Å². The summed E-state index contributed by atoms with van der Waals surface area (Å²) in [5.41, 5.74) is 2.14. The second-order valence-electron chi connectivity index (χ2n) is 4.25. The highest BCUT2D eigenvalue weighted by Crippen LogP contribution is 2.23. The minimum Gasteiger partial charge on any atom is -0.473 e. The van der Waals surface area contributed by atoms with Gasteiger partial charge in [0.2, 0.25) is 0 Å². The number of rotatable bonds is 6. The van der Waals surface area contributed by atoms with Crippen molar-refractivity contribution in [3.63, 3.8) is 0 Å². The van der Waals surface area contributed by atoms with Gasteiger partial charge in [-0.05, 0) is 37.6 Å². The number of benzene rings is 1. The van der Waals surface area contributed by atoms with E-state index in [1.807, 2.05) is 19.1 Å². The van der Waals surface area contributed by atoms with Crippen LogP contribution in [0.1, 0.15) is 16.1 Å². The van der Waals surface area contributed by atoms with Crippen LogP contribution in [0.15, 0.2) is 24.3 Å². The fourth-order valence-electron chi connectivity index (χ4n) is 1.74. The van der Waals surface area contributed by atoms with Crippen molar-refractivity contribution in [3.05, 3.63) is 46.2 Å². The summed E-state index contributed by atoms with van der Waals surface area (Å²) in [5, 5.41) is 4.07. The van der Waals surface area contributed by atoms with Crippen LogP contribution < -0.4 is 10.1 Å². The van der Waals surface area contributed by atoms with Crippen LogP contribution in [0.25, 0.3) is 0 Å². The lowest BCUT2D eigenvalue weighted by atomic mass is 10.1. The first-order valence-corrected chi connectivity index (χ1v) is 6.96. The van der Waals surface area contributed by atoms with Crippen LogP contribution in [0.2, 0.25) is 0 Å². The number of thiazole rings is 1. The third kappa shape index (κ3) is 4.01. The molecule has 0 bridgehead atoms. The number of ether oxygens (including phenoxy) is 1. The van der Waals surface area contributed by atoms with Crippen molar-refractivity contribution in [3.8, 4) is 5.19 Å². The second kappa shape index (κ2) is 6.63. The van der Waals surface area contributed by atoms with Crippen LogP contribution in [-0.4, -0.2) is 18.6 Å². The van der Waals surface area contributed by atoms with Gasteiger partial charge in [-0.15, -0.1) is 0 Å². The lowest BCUT2D eigenvalue weighted by Gasteiger charge is -2.04. The monoisotopic (exact) mass is 280 g/mol. The van der Waals surface area contributed by atoms with Gasteiger partial charge in [-0.25, -0.2) is 9.37 Å². The van der Waals surface area contributed by atoms with E-state index in [2.05, 4.69) is 10.3 Å². The zero-order valence-electron chi connectivity index (χ0n) is 11.1. The van der Waals surface area contributed by atoms with E-state index in [0.29, 0.717) is 5.19 Å².